The number of phenolic OH excluding ortho intramolecular Hbond substituents is 4. The van der Waals surface area contributed by atoms with Crippen molar-refractivity contribution in [2.45, 2.75) is 51.1 Å². The van der Waals surface area contributed by atoms with E-state index in [0.29, 0.717) is 45.1 Å². The van der Waals surface area contributed by atoms with Crippen molar-refractivity contribution in [2.24, 2.45) is 10.3 Å². The van der Waals surface area contributed by atoms with Gasteiger partial charge in [-0.15, -0.1) is 0 Å². The Hall–Kier alpha value is -4.63. The quantitative estimate of drug-likeness (QED) is 0.0217. The molecule has 0 spiro atoms. The molecule has 0 saturated carbocycles. The summed E-state index contributed by atoms with van der Waals surface area (Å²) in [6.07, 6.45) is 8.17. The number of rotatable bonds is 18. The predicted octanol–water partition coefficient (Wildman–Crippen LogP) is 4.04. The summed E-state index contributed by atoms with van der Waals surface area (Å²) in [5, 5.41) is 54.3. The van der Waals surface area contributed by atoms with Crippen LogP contribution < -0.4 is 25.6 Å². The maximum atomic E-state index is 13.4. The van der Waals surface area contributed by atoms with E-state index in [9.17, 15) is 42.4 Å². The number of nitrogens with one attached hydrogen (secondary N) is 4. The highest BCUT2D eigenvalue weighted by atomic mass is 32.2. The van der Waals surface area contributed by atoms with Crippen molar-refractivity contribution >= 4 is 60.9 Å². The van der Waals surface area contributed by atoms with Crippen LogP contribution in [0, 0.1) is 5.92 Å². The molecular weight excluding hydrogens is 813 g/mol. The van der Waals surface area contributed by atoms with Crippen molar-refractivity contribution in [1.82, 2.24) is 14.9 Å². The number of hydrogen-bond acceptors (Lipinski definition) is 15. The number of aromatic hydroxyl groups is 4. The summed E-state index contributed by atoms with van der Waals surface area (Å²) in [5.74, 6) is -0.762. The molecule has 0 saturated heterocycles. The van der Waals surface area contributed by atoms with Gasteiger partial charge in [0, 0.05) is 41.5 Å². The Bertz CT molecular complexity index is 2350. The lowest BCUT2D eigenvalue weighted by atomic mass is 9.98. The van der Waals surface area contributed by atoms with Crippen LogP contribution in [-0.4, -0.2) is 77.7 Å². The first kappa shape index (κ1) is 43.5. The number of nitrogens with zero attached hydrogens (tertiary/aromatic N) is 1. The molecule has 57 heavy (non-hydrogen) atoms. The Balaban J connectivity index is 1.30. The number of benzene rings is 3. The standard InChI is InChI=1S/C38H46N6O9S4/c1-22(40-41-38-32-20-31(10-11-33(32)43-55-38)57(52,53)44-24(3)15-27-19-30(46)9-13-35(27)48)16-36(54-42-23(2)14-26-18-29(45)8-12-34(26)47)37(49)25-6-5-7-28(17-25)39-21-56(4,50)51/h5-13,16-20,23-24,32,38-42,44-49H,14-15,21H2,1-4H3/p+1. The first-order valence-electron chi connectivity index (χ1n) is 17.7. The predicted molar refractivity (Wildman–Crippen MR) is 226 cm³/mol. The van der Waals surface area contributed by atoms with E-state index in [1.165, 1.54) is 54.4 Å². The van der Waals surface area contributed by atoms with Gasteiger partial charge in [0.05, 0.1) is 27.1 Å². The number of anilines is 1. The number of quaternary nitrogens is 1. The highest BCUT2D eigenvalue weighted by molar-refractivity contribution is 8.01. The van der Waals surface area contributed by atoms with Gasteiger partial charge in [-0.1, -0.05) is 12.1 Å². The van der Waals surface area contributed by atoms with Gasteiger partial charge in [0.1, 0.15) is 34.6 Å². The minimum atomic E-state index is -3.96. The van der Waals surface area contributed by atoms with Crippen LogP contribution in [0.5, 0.6) is 23.0 Å². The summed E-state index contributed by atoms with van der Waals surface area (Å²) in [4.78, 5) is 0.482. The summed E-state index contributed by atoms with van der Waals surface area (Å²) in [7, 11) is -7.26. The molecule has 306 valence electrons. The lowest BCUT2D eigenvalue weighted by molar-refractivity contribution is -0.718. The molecule has 11 N–H and O–H groups in total. The highest BCUT2D eigenvalue weighted by Gasteiger charge is 2.37. The molecule has 0 bridgehead atoms. The van der Waals surface area contributed by atoms with Crippen molar-refractivity contribution in [3.8, 4) is 23.0 Å². The molecule has 5 rings (SSSR count). The van der Waals surface area contributed by atoms with E-state index in [1.54, 1.807) is 61.8 Å². The van der Waals surface area contributed by atoms with Gasteiger partial charge < -0.3 is 30.8 Å². The third-order valence-electron chi connectivity index (χ3n) is 8.68. The summed E-state index contributed by atoms with van der Waals surface area (Å²) in [6, 6.07) is 14.3. The zero-order valence-electron chi connectivity index (χ0n) is 31.5. The normalized spacial score (nSPS) is 18.6. The van der Waals surface area contributed by atoms with Crippen molar-refractivity contribution in [3.05, 3.63) is 117 Å². The number of sulfone groups is 1. The van der Waals surface area contributed by atoms with Gasteiger partial charge in [0.15, 0.2) is 15.2 Å². The van der Waals surface area contributed by atoms with Gasteiger partial charge in [-0.25, -0.2) is 36.8 Å². The third-order valence-corrected chi connectivity index (χ3v) is 13.0. The minimum Gasteiger partial charge on any atom is -0.508 e. The Labute approximate surface area is 341 Å². The molecule has 3 aromatic rings. The van der Waals surface area contributed by atoms with Crippen molar-refractivity contribution in [2.75, 3.05) is 17.4 Å². The number of sulfonamides is 1. The van der Waals surface area contributed by atoms with Crippen LogP contribution in [0.3, 0.4) is 0 Å². The topological polar surface area (TPSA) is 247 Å². The molecule has 0 amide bonds. The van der Waals surface area contributed by atoms with Crippen molar-refractivity contribution in [1.29, 1.82) is 0 Å². The summed E-state index contributed by atoms with van der Waals surface area (Å²) >= 11 is 2.42. The second kappa shape index (κ2) is 18.8. The van der Waals surface area contributed by atoms with Gasteiger partial charge in [0.25, 0.3) is 0 Å². The zero-order chi connectivity index (χ0) is 41.5. The fourth-order valence-electron chi connectivity index (χ4n) is 5.89. The van der Waals surface area contributed by atoms with E-state index in [4.69, 9.17) is 0 Å². The molecule has 1 aliphatic heterocycles. The van der Waals surface area contributed by atoms with E-state index in [-0.39, 0.29) is 63.3 Å². The molecule has 19 heteroatoms. The molecule has 0 radical (unpaired) electrons. The largest absolute Gasteiger partial charge is 0.508 e. The fraction of sp³-hybridized carbons (Fsp3) is 0.289. The summed E-state index contributed by atoms with van der Waals surface area (Å²) < 4.78 is 60.8. The number of nitrogens with two attached hydrogens (primary N) is 1. The van der Waals surface area contributed by atoms with Crippen LogP contribution in [0.15, 0.2) is 105 Å². The van der Waals surface area contributed by atoms with Crippen molar-refractivity contribution in [3.63, 3.8) is 0 Å². The van der Waals surface area contributed by atoms with Crippen molar-refractivity contribution < 1.29 is 47.8 Å². The summed E-state index contributed by atoms with van der Waals surface area (Å²) in [6.45, 7) is 5.35. The molecule has 3 aromatic carbocycles. The molecule has 1 aliphatic carbocycles. The minimum absolute atomic E-state index is 0.0243. The molecule has 1 heterocycles. The number of fused-ring (bicyclic) bond motifs is 1. The number of aliphatic hydroxyl groups is 1. The van der Waals surface area contributed by atoms with Gasteiger partial charge in [-0.05, 0) is 130 Å². The highest BCUT2D eigenvalue weighted by Crippen LogP contribution is 2.33. The maximum Gasteiger partial charge on any atom is 0.240 e. The molecule has 15 nitrogen and oxygen atoms in total. The molecule has 2 aliphatic rings. The Morgan fingerprint density at radius 1 is 0.930 bits per heavy atom. The Morgan fingerprint density at radius 2 is 1.58 bits per heavy atom. The van der Waals surface area contributed by atoms with E-state index in [0.717, 1.165) is 18.2 Å². The van der Waals surface area contributed by atoms with E-state index in [2.05, 4.69) is 24.6 Å². The lowest BCUT2D eigenvalue weighted by Crippen LogP contribution is -2.97. The SMILES string of the molecule is CC(=CC(SNC(C)Cc1cc(O)ccc1O)=C(O)c1cccc(NCS(C)(=O)=O)c1)N[NH2+]C1SN=C2C=CC(S(=O)(=O)NC(C)Cc3cc(O)ccc3O)=CC21. The number of allylic oxidation sites excluding steroid dienone is 4. The van der Waals surface area contributed by atoms with Crippen LogP contribution in [0.1, 0.15) is 37.5 Å². The smallest absolute Gasteiger partial charge is 0.240 e. The molecular formula is C38H47N6O9S4+. The third kappa shape index (κ3) is 12.4. The van der Waals surface area contributed by atoms with Gasteiger partial charge >= 0.3 is 0 Å². The van der Waals surface area contributed by atoms with Gasteiger partial charge in [-0.3, -0.25) is 4.72 Å². The molecule has 4 atom stereocenters. The average Bonchev–Trinajstić information content (AvgIpc) is 3.56. The second-order valence-corrected chi connectivity index (χ2v) is 19.5. The first-order valence-corrected chi connectivity index (χ1v) is 22.9. The van der Waals surface area contributed by atoms with Crippen LogP contribution in [0.2, 0.25) is 0 Å². The molecule has 0 aromatic heterocycles. The van der Waals surface area contributed by atoms with Gasteiger partial charge in [-0.2, -0.15) is 0 Å². The van der Waals surface area contributed by atoms with E-state index in [1.807, 2.05) is 6.92 Å². The molecule has 0 fully saturated rings. The fourth-order valence-corrected chi connectivity index (χ4v) is 9.41. The van der Waals surface area contributed by atoms with Gasteiger partial charge in [0.2, 0.25) is 10.0 Å². The first-order chi connectivity index (χ1) is 26.9. The van der Waals surface area contributed by atoms with E-state index >= 15 is 0 Å². The zero-order valence-corrected chi connectivity index (χ0v) is 34.8. The Morgan fingerprint density at radius 3 is 2.23 bits per heavy atom. The number of hydrogen-bond donors (Lipinski definition) is 10. The Kier molecular flexibility index (Phi) is 14.3. The monoisotopic (exact) mass is 859 g/mol. The number of aliphatic hydroxyl groups excluding tert-OH is 1. The average molecular weight is 860 g/mol. The second-order valence-electron chi connectivity index (χ2n) is 13.9. The summed E-state index contributed by atoms with van der Waals surface area (Å²) in [5.41, 5.74) is 8.24. The lowest BCUT2D eigenvalue weighted by Gasteiger charge is -2.21. The van der Waals surface area contributed by atoms with Crippen LogP contribution in [0.4, 0.5) is 5.69 Å². The van der Waals surface area contributed by atoms with Crippen LogP contribution in [0.25, 0.3) is 5.76 Å². The number of phenols is 4. The molecule has 4 unspecified atom stereocenters. The maximum absolute atomic E-state index is 13.4. The van der Waals surface area contributed by atoms with Crippen LogP contribution >= 0.6 is 23.9 Å². The van der Waals surface area contributed by atoms with Crippen LogP contribution in [-0.2, 0) is 32.7 Å². The van der Waals surface area contributed by atoms with E-state index < -0.39 is 25.9 Å².